The van der Waals surface area contributed by atoms with Gasteiger partial charge in [0.15, 0.2) is 0 Å². The Morgan fingerprint density at radius 1 is 1.40 bits per heavy atom. The van der Waals surface area contributed by atoms with Crippen LogP contribution in [0.2, 0.25) is 0 Å². The molecule has 1 aliphatic rings. The highest BCUT2D eigenvalue weighted by atomic mass is 16.1. The lowest BCUT2D eigenvalue weighted by atomic mass is 9.92. The van der Waals surface area contributed by atoms with Gasteiger partial charge in [-0.2, -0.15) is 0 Å². The summed E-state index contributed by atoms with van der Waals surface area (Å²) in [4.78, 5) is 11.6. The molecule has 15 heavy (non-hydrogen) atoms. The van der Waals surface area contributed by atoms with Crippen LogP contribution >= 0.6 is 0 Å². The number of nitrogens with one attached hydrogen (secondary N) is 1. The molecule has 1 saturated carbocycles. The van der Waals surface area contributed by atoms with Crippen LogP contribution in [0.15, 0.2) is 0 Å². The van der Waals surface area contributed by atoms with Crippen LogP contribution in [0.4, 0.5) is 0 Å². The molecule has 88 valence electrons. The summed E-state index contributed by atoms with van der Waals surface area (Å²) in [7, 11) is 0. The third-order valence-electron chi connectivity index (χ3n) is 2.86. The normalized spacial score (nSPS) is 26.7. The van der Waals surface area contributed by atoms with Gasteiger partial charge in [0.25, 0.3) is 0 Å². The van der Waals surface area contributed by atoms with Crippen LogP contribution in [0.1, 0.15) is 46.5 Å². The molecule has 1 rings (SSSR count). The van der Waals surface area contributed by atoms with Gasteiger partial charge in [0.1, 0.15) is 0 Å². The van der Waals surface area contributed by atoms with E-state index in [2.05, 4.69) is 26.1 Å². The molecule has 0 aromatic heterocycles. The molecule has 0 aromatic rings. The Balaban J connectivity index is 2.17. The fraction of sp³-hybridized carbons (Fsp3) is 0.917. The minimum Gasteiger partial charge on any atom is -0.356 e. The zero-order valence-corrected chi connectivity index (χ0v) is 10.2. The first kappa shape index (κ1) is 12.5. The third kappa shape index (κ3) is 5.17. The van der Waals surface area contributed by atoms with Crippen molar-refractivity contribution in [2.75, 3.05) is 6.54 Å². The average molecular weight is 212 g/mol. The van der Waals surface area contributed by atoms with Crippen molar-refractivity contribution < 1.29 is 4.79 Å². The molecular weight excluding hydrogens is 188 g/mol. The lowest BCUT2D eigenvalue weighted by molar-refractivity contribution is -0.122. The van der Waals surface area contributed by atoms with Gasteiger partial charge in [0.05, 0.1) is 0 Å². The summed E-state index contributed by atoms with van der Waals surface area (Å²) in [6, 6.07) is 0.356. The first-order valence-corrected chi connectivity index (χ1v) is 5.89. The molecule has 0 aliphatic heterocycles. The van der Waals surface area contributed by atoms with E-state index in [0.29, 0.717) is 18.4 Å². The summed E-state index contributed by atoms with van der Waals surface area (Å²) in [6.45, 7) is 7.05. The van der Waals surface area contributed by atoms with Crippen molar-refractivity contribution in [1.29, 1.82) is 0 Å². The van der Waals surface area contributed by atoms with Crippen molar-refractivity contribution in [2.24, 2.45) is 17.1 Å². The van der Waals surface area contributed by atoms with Crippen LogP contribution in [0.5, 0.6) is 0 Å². The highest BCUT2D eigenvalue weighted by Gasteiger charge is 2.22. The van der Waals surface area contributed by atoms with Crippen molar-refractivity contribution >= 4 is 5.91 Å². The van der Waals surface area contributed by atoms with Crippen molar-refractivity contribution in [3.8, 4) is 0 Å². The highest BCUT2D eigenvalue weighted by molar-refractivity contribution is 5.76. The van der Waals surface area contributed by atoms with E-state index in [4.69, 9.17) is 5.73 Å². The summed E-state index contributed by atoms with van der Waals surface area (Å²) in [5.41, 5.74) is 5.90. The summed E-state index contributed by atoms with van der Waals surface area (Å²) in [6.07, 6.45) is 3.94. The molecule has 3 heteroatoms. The van der Waals surface area contributed by atoms with E-state index in [1.807, 2.05) is 0 Å². The molecule has 0 saturated heterocycles. The number of amides is 1. The summed E-state index contributed by atoms with van der Waals surface area (Å²) in [5.74, 6) is 0.770. The zero-order chi connectivity index (χ0) is 11.5. The fourth-order valence-electron chi connectivity index (χ4n) is 2.10. The smallest absolute Gasteiger partial charge is 0.220 e. The largest absolute Gasteiger partial charge is 0.356 e. The van der Waals surface area contributed by atoms with E-state index in [9.17, 15) is 4.79 Å². The number of carbonyl (C=O) groups excluding carboxylic acids is 1. The number of hydrogen-bond donors (Lipinski definition) is 2. The van der Waals surface area contributed by atoms with Gasteiger partial charge in [0, 0.05) is 19.0 Å². The maximum absolute atomic E-state index is 11.6. The van der Waals surface area contributed by atoms with Crippen molar-refractivity contribution in [3.63, 3.8) is 0 Å². The molecule has 0 radical (unpaired) electrons. The van der Waals surface area contributed by atoms with Gasteiger partial charge >= 0.3 is 0 Å². The Morgan fingerprint density at radius 2 is 2.07 bits per heavy atom. The maximum atomic E-state index is 11.6. The van der Waals surface area contributed by atoms with Crippen LogP contribution in [0.3, 0.4) is 0 Å². The lowest BCUT2D eigenvalue weighted by Crippen LogP contribution is -2.31. The molecule has 3 nitrogen and oxygen atoms in total. The van der Waals surface area contributed by atoms with Gasteiger partial charge in [0.2, 0.25) is 5.91 Å². The predicted molar refractivity (Wildman–Crippen MR) is 62.4 cm³/mol. The van der Waals surface area contributed by atoms with Crippen LogP contribution in [0, 0.1) is 11.3 Å². The molecular formula is C12H24N2O. The second-order valence-corrected chi connectivity index (χ2v) is 5.98. The lowest BCUT2D eigenvalue weighted by Gasteiger charge is -2.18. The third-order valence-corrected chi connectivity index (χ3v) is 2.86. The second kappa shape index (κ2) is 4.97. The SMILES string of the molecule is CC(C)(C)CC(=O)NCC1CCC(N)C1. The summed E-state index contributed by atoms with van der Waals surface area (Å²) >= 11 is 0. The Hall–Kier alpha value is -0.570. The highest BCUT2D eigenvalue weighted by Crippen LogP contribution is 2.23. The maximum Gasteiger partial charge on any atom is 0.220 e. The van der Waals surface area contributed by atoms with Crippen LogP contribution < -0.4 is 11.1 Å². The minimum absolute atomic E-state index is 0.0795. The Labute approximate surface area is 92.8 Å². The molecule has 1 aliphatic carbocycles. The van der Waals surface area contributed by atoms with E-state index in [1.165, 1.54) is 0 Å². The van der Waals surface area contributed by atoms with E-state index >= 15 is 0 Å². The molecule has 0 spiro atoms. The Bertz CT molecular complexity index is 220. The standard InChI is InChI=1S/C12H24N2O/c1-12(2,3)7-11(15)14-8-9-4-5-10(13)6-9/h9-10H,4-8,13H2,1-3H3,(H,14,15). The Morgan fingerprint density at radius 3 is 2.53 bits per heavy atom. The number of hydrogen-bond acceptors (Lipinski definition) is 2. The van der Waals surface area contributed by atoms with Crippen molar-refractivity contribution in [3.05, 3.63) is 0 Å². The predicted octanol–water partition coefficient (Wildman–Crippen LogP) is 1.67. The number of nitrogens with two attached hydrogens (primary N) is 1. The molecule has 1 amide bonds. The molecule has 2 unspecified atom stereocenters. The quantitative estimate of drug-likeness (QED) is 0.747. The molecule has 0 bridgehead atoms. The van der Waals surface area contributed by atoms with Crippen molar-refractivity contribution in [1.82, 2.24) is 5.32 Å². The number of rotatable bonds is 3. The average Bonchev–Trinajstić information content (AvgIpc) is 2.45. The monoisotopic (exact) mass is 212 g/mol. The molecule has 3 N–H and O–H groups in total. The topological polar surface area (TPSA) is 55.1 Å². The second-order valence-electron chi connectivity index (χ2n) is 5.98. The van der Waals surface area contributed by atoms with Gasteiger partial charge < -0.3 is 11.1 Å². The molecule has 0 aromatic carbocycles. The fourth-order valence-corrected chi connectivity index (χ4v) is 2.10. The van der Waals surface area contributed by atoms with Gasteiger partial charge in [-0.25, -0.2) is 0 Å². The van der Waals surface area contributed by atoms with E-state index in [-0.39, 0.29) is 11.3 Å². The van der Waals surface area contributed by atoms with Crippen LogP contribution in [-0.4, -0.2) is 18.5 Å². The Kier molecular flexibility index (Phi) is 4.14. The number of carbonyl (C=O) groups is 1. The van der Waals surface area contributed by atoms with Gasteiger partial charge in [-0.15, -0.1) is 0 Å². The molecule has 1 fully saturated rings. The first-order chi connectivity index (χ1) is 6.87. The zero-order valence-electron chi connectivity index (χ0n) is 10.2. The summed E-state index contributed by atoms with van der Waals surface area (Å²) < 4.78 is 0. The molecule has 0 heterocycles. The van der Waals surface area contributed by atoms with Crippen molar-refractivity contribution in [2.45, 2.75) is 52.5 Å². The van der Waals surface area contributed by atoms with E-state index < -0.39 is 0 Å². The van der Waals surface area contributed by atoms with Gasteiger partial charge in [-0.1, -0.05) is 20.8 Å². The van der Waals surface area contributed by atoms with E-state index in [0.717, 1.165) is 25.8 Å². The minimum atomic E-state index is 0.0795. The molecule has 2 atom stereocenters. The first-order valence-electron chi connectivity index (χ1n) is 5.89. The van der Waals surface area contributed by atoms with Crippen LogP contribution in [-0.2, 0) is 4.79 Å². The van der Waals surface area contributed by atoms with Crippen LogP contribution in [0.25, 0.3) is 0 Å². The van der Waals surface area contributed by atoms with Gasteiger partial charge in [-0.3, -0.25) is 4.79 Å². The van der Waals surface area contributed by atoms with E-state index in [1.54, 1.807) is 0 Å². The summed E-state index contributed by atoms with van der Waals surface area (Å²) in [5, 5.41) is 3.01. The van der Waals surface area contributed by atoms with Gasteiger partial charge in [-0.05, 0) is 30.6 Å².